The van der Waals surface area contributed by atoms with Crippen molar-refractivity contribution in [1.82, 2.24) is 52.0 Å². The van der Waals surface area contributed by atoms with Crippen LogP contribution in [0.2, 0.25) is 0 Å². The summed E-state index contributed by atoms with van der Waals surface area (Å²) in [4.78, 5) is 0. The molecular formula is C32H64N12O8P4. The highest BCUT2D eigenvalue weighted by molar-refractivity contribution is 7.81. The third kappa shape index (κ3) is 9.12. The van der Waals surface area contributed by atoms with Gasteiger partial charge in [0, 0.05) is 105 Å². The zero-order valence-corrected chi connectivity index (χ0v) is 36.6. The normalized spacial score (nSPS) is 35.5. The molecule has 3 unspecified atom stereocenters. The van der Waals surface area contributed by atoms with Gasteiger partial charge in [0.2, 0.25) is 0 Å². The minimum atomic E-state index is -2.78. The predicted octanol–water partition coefficient (Wildman–Crippen LogP) is 0.936. The summed E-state index contributed by atoms with van der Waals surface area (Å²) in [6.45, 7) is 24.8. The molecule has 3 atom stereocenters. The zero-order valence-electron chi connectivity index (χ0n) is 33.0. The Kier molecular flexibility index (Phi) is 15.6. The number of hydrazine groups is 3. The molecule has 9 aliphatic heterocycles. The van der Waals surface area contributed by atoms with Crippen LogP contribution in [0.3, 0.4) is 0 Å². The van der Waals surface area contributed by atoms with E-state index in [-0.39, 0.29) is 0 Å². The minimum absolute atomic E-state index is 0.697. The lowest BCUT2D eigenvalue weighted by Gasteiger charge is -2.64. The van der Waals surface area contributed by atoms with Crippen molar-refractivity contribution >= 4 is 32.6 Å². The fourth-order valence-corrected chi connectivity index (χ4v) is 25.3. The van der Waals surface area contributed by atoms with Gasteiger partial charge in [-0.25, -0.2) is 33.6 Å². The van der Waals surface area contributed by atoms with Crippen LogP contribution in [0, 0.1) is 0 Å². The van der Waals surface area contributed by atoms with E-state index >= 15 is 0 Å². The Morgan fingerprint density at radius 3 is 1.07 bits per heavy atom. The highest BCUT2D eigenvalue weighted by Gasteiger charge is 2.59. The van der Waals surface area contributed by atoms with E-state index in [1.54, 1.807) is 0 Å². The van der Waals surface area contributed by atoms with Gasteiger partial charge in [0.1, 0.15) is 0 Å². The molecule has 56 heavy (non-hydrogen) atoms. The third-order valence-corrected chi connectivity index (χ3v) is 24.8. The average molecular weight is 869 g/mol. The predicted molar refractivity (Wildman–Crippen MR) is 215 cm³/mol. The lowest BCUT2D eigenvalue weighted by atomic mass is 10.5. The topological polar surface area (TPSA) is 122 Å². The van der Waals surface area contributed by atoms with Gasteiger partial charge in [0.05, 0.1) is 106 Å². The molecule has 8 fully saturated rings. The molecular weight excluding hydrogens is 804 g/mol. The monoisotopic (exact) mass is 868 g/mol. The molecule has 0 amide bonds. The summed E-state index contributed by atoms with van der Waals surface area (Å²) in [6.07, 6.45) is 0. The highest BCUT2D eigenvalue weighted by atomic mass is 31.3. The molecule has 320 valence electrons. The van der Waals surface area contributed by atoms with E-state index in [1.165, 1.54) is 0 Å². The molecule has 0 aromatic rings. The molecule has 9 rings (SSSR count). The largest absolute Gasteiger partial charge is 0.379 e. The fourth-order valence-electron chi connectivity index (χ4n) is 8.49. The maximum atomic E-state index is 6.74. The molecule has 9 aliphatic rings. The van der Waals surface area contributed by atoms with E-state index in [1.807, 2.05) is 0 Å². The van der Waals surface area contributed by atoms with Crippen molar-refractivity contribution in [3.63, 3.8) is 0 Å². The van der Waals surface area contributed by atoms with Crippen LogP contribution in [0.25, 0.3) is 0 Å². The molecule has 0 radical (unpaired) electrons. The number of ether oxygens (including phenoxy) is 8. The van der Waals surface area contributed by atoms with E-state index < -0.39 is 32.6 Å². The van der Waals surface area contributed by atoms with E-state index in [9.17, 15) is 0 Å². The third-order valence-electron chi connectivity index (χ3n) is 11.4. The summed E-state index contributed by atoms with van der Waals surface area (Å²) >= 11 is 0. The van der Waals surface area contributed by atoms with Gasteiger partial charge in [-0.3, -0.25) is 9.34 Å². The summed E-state index contributed by atoms with van der Waals surface area (Å²) in [5.41, 5.74) is 0. The first-order valence-corrected chi connectivity index (χ1v) is 26.1. The number of nitrogens with zero attached hydrogens (tertiary/aromatic N) is 12. The minimum Gasteiger partial charge on any atom is -0.379 e. The Morgan fingerprint density at radius 1 is 0.321 bits per heavy atom. The molecule has 0 spiro atoms. The van der Waals surface area contributed by atoms with Gasteiger partial charge >= 0.3 is 0 Å². The maximum absolute atomic E-state index is 6.74. The zero-order chi connectivity index (χ0) is 37.6. The van der Waals surface area contributed by atoms with Crippen molar-refractivity contribution in [3.8, 4) is 0 Å². The number of hydrogen-bond donors (Lipinski definition) is 0. The Labute approximate surface area is 336 Å². The fraction of sp³-hybridized carbons (Fsp3) is 1.00. The van der Waals surface area contributed by atoms with E-state index in [4.69, 9.17) is 42.4 Å². The van der Waals surface area contributed by atoms with Gasteiger partial charge < -0.3 is 37.9 Å². The second-order valence-electron chi connectivity index (χ2n) is 14.8. The first kappa shape index (κ1) is 42.1. The first-order chi connectivity index (χ1) is 27.8. The van der Waals surface area contributed by atoms with Crippen LogP contribution in [0.4, 0.5) is 0 Å². The van der Waals surface area contributed by atoms with Crippen molar-refractivity contribution in [2.24, 2.45) is 4.52 Å². The Balaban J connectivity index is 1.36. The quantitative estimate of drug-likeness (QED) is 0.322. The summed E-state index contributed by atoms with van der Waals surface area (Å²) in [6, 6.07) is 0. The first-order valence-electron chi connectivity index (χ1n) is 20.9. The second kappa shape index (κ2) is 20.8. The summed E-state index contributed by atoms with van der Waals surface area (Å²) in [7, 11) is -6.45. The molecule has 0 saturated carbocycles. The molecule has 0 aromatic heterocycles. The second-order valence-corrected chi connectivity index (χ2v) is 24.2. The lowest BCUT2D eigenvalue weighted by Crippen LogP contribution is -2.61. The maximum Gasteiger partial charge on any atom is 0.194 e. The van der Waals surface area contributed by atoms with Crippen LogP contribution in [0.1, 0.15) is 0 Å². The molecule has 9 heterocycles. The molecule has 24 heteroatoms. The van der Waals surface area contributed by atoms with Crippen LogP contribution in [-0.4, -0.2) is 262 Å². The van der Waals surface area contributed by atoms with Crippen LogP contribution in [0.15, 0.2) is 4.52 Å². The van der Waals surface area contributed by atoms with Crippen LogP contribution in [0.5, 0.6) is 0 Å². The Bertz CT molecular complexity index is 1240. The molecule has 0 bridgehead atoms. The van der Waals surface area contributed by atoms with Gasteiger partial charge in [0.25, 0.3) is 0 Å². The molecule has 0 aliphatic carbocycles. The van der Waals surface area contributed by atoms with E-state index in [2.05, 4.69) is 52.0 Å². The molecule has 0 aromatic carbocycles. The van der Waals surface area contributed by atoms with Crippen molar-refractivity contribution in [2.75, 3.05) is 210 Å². The number of hydrogen-bond acceptors (Lipinski definition) is 20. The Morgan fingerprint density at radius 2 is 0.643 bits per heavy atom. The molecule has 20 nitrogen and oxygen atoms in total. The van der Waals surface area contributed by atoms with Crippen LogP contribution in [-0.2, 0) is 37.9 Å². The SMILES string of the molecule is C1CN(N2P(N3CCOCC3)N=P(N3CCOCC3)(N3CCOCC3)N(N3CCOCC3)P(N3CCOCC3)N(N3CCOCC3)P2N2CCOCC2)CCO1. The standard InChI is InChI=1S/C32H64N12O8P4/c1-17-45-18-2-34(1)42-53(37-7-23-48-24-8-37)33-56(40-13-29-51-30-14-40,41-15-31-52-32-16-41)44(36-5-21-47-22-6-36)55(39-11-27-50-28-12-39)43(35-3-19-46-20-4-35)54(42)38-9-25-49-26-10-38/h1-32H2. The van der Waals surface area contributed by atoms with Gasteiger partial charge in [0.15, 0.2) is 32.6 Å². The van der Waals surface area contributed by atoms with Crippen molar-refractivity contribution < 1.29 is 37.9 Å². The number of rotatable bonds is 8. The highest BCUT2D eigenvalue weighted by Crippen LogP contribution is 2.82. The smallest absolute Gasteiger partial charge is 0.194 e. The van der Waals surface area contributed by atoms with Gasteiger partial charge in [-0.1, -0.05) is 0 Å². The van der Waals surface area contributed by atoms with E-state index in [0.717, 1.165) is 118 Å². The molecule has 8 saturated heterocycles. The van der Waals surface area contributed by atoms with Crippen molar-refractivity contribution in [2.45, 2.75) is 0 Å². The van der Waals surface area contributed by atoms with Crippen LogP contribution < -0.4 is 0 Å². The van der Waals surface area contributed by atoms with Crippen LogP contribution >= 0.6 is 32.6 Å². The van der Waals surface area contributed by atoms with Gasteiger partial charge in [-0.05, 0) is 0 Å². The lowest BCUT2D eigenvalue weighted by molar-refractivity contribution is -0.0455. The number of morpholine rings is 8. The van der Waals surface area contributed by atoms with Crippen molar-refractivity contribution in [3.05, 3.63) is 0 Å². The average Bonchev–Trinajstić information content (AvgIpc) is 3.29. The van der Waals surface area contributed by atoms with E-state index in [0.29, 0.717) is 92.5 Å². The Hall–Kier alpha value is 0.760. The van der Waals surface area contributed by atoms with Gasteiger partial charge in [-0.2, -0.15) is 0 Å². The summed E-state index contributed by atoms with van der Waals surface area (Å²) < 4.78 is 78.6. The summed E-state index contributed by atoms with van der Waals surface area (Å²) in [5, 5.41) is 8.07. The molecule has 0 N–H and O–H groups in total. The van der Waals surface area contributed by atoms with Gasteiger partial charge in [-0.15, -0.1) is 13.6 Å². The van der Waals surface area contributed by atoms with Crippen molar-refractivity contribution in [1.29, 1.82) is 0 Å². The summed E-state index contributed by atoms with van der Waals surface area (Å²) in [5.74, 6) is 0.